The van der Waals surface area contributed by atoms with Gasteiger partial charge in [-0.1, -0.05) is 23.8 Å². The predicted molar refractivity (Wildman–Crippen MR) is 117 cm³/mol. The number of sulfonamides is 1. The molecular weight excluding hydrogens is 400 g/mol. The van der Waals surface area contributed by atoms with Crippen LogP contribution in [0.1, 0.15) is 27.9 Å². The summed E-state index contributed by atoms with van der Waals surface area (Å²) in [6, 6.07) is 10.9. The van der Waals surface area contributed by atoms with Gasteiger partial charge in [0.05, 0.1) is 17.9 Å². The van der Waals surface area contributed by atoms with Crippen molar-refractivity contribution in [2.24, 2.45) is 4.99 Å². The number of carbonyl (C=O) groups is 1. The zero-order valence-electron chi connectivity index (χ0n) is 17.2. The topological polar surface area (TPSA) is 103 Å². The van der Waals surface area contributed by atoms with Crippen LogP contribution in [0.5, 0.6) is 0 Å². The highest BCUT2D eigenvalue weighted by Gasteiger charge is 2.29. The molecule has 156 valence electrons. The molecule has 3 N–H and O–H groups in total. The Morgan fingerprint density at radius 1 is 1.13 bits per heavy atom. The van der Waals surface area contributed by atoms with Gasteiger partial charge in [0.25, 0.3) is 10.0 Å². The molecule has 0 unspecified atom stereocenters. The molecule has 0 radical (unpaired) electrons. The van der Waals surface area contributed by atoms with Gasteiger partial charge in [-0.05, 0) is 50.1 Å². The molecule has 1 amide bonds. The normalized spacial score (nSPS) is 15.9. The Morgan fingerprint density at radius 3 is 2.70 bits per heavy atom. The summed E-state index contributed by atoms with van der Waals surface area (Å²) < 4.78 is 26.7. The van der Waals surface area contributed by atoms with Gasteiger partial charge in [0.1, 0.15) is 5.84 Å². The van der Waals surface area contributed by atoms with Gasteiger partial charge in [-0.3, -0.25) is 14.5 Å². The lowest BCUT2D eigenvalue weighted by Crippen LogP contribution is -2.29. The van der Waals surface area contributed by atoms with Crippen molar-refractivity contribution in [3.8, 4) is 0 Å². The van der Waals surface area contributed by atoms with Gasteiger partial charge < -0.3 is 10.3 Å². The van der Waals surface area contributed by atoms with Crippen molar-refractivity contribution in [2.45, 2.75) is 32.1 Å². The Morgan fingerprint density at radius 2 is 1.90 bits per heavy atom. The third kappa shape index (κ3) is 3.70. The first-order valence-corrected chi connectivity index (χ1v) is 11.3. The predicted octanol–water partition coefficient (Wildman–Crippen LogP) is 2.49. The lowest BCUT2D eigenvalue weighted by Gasteiger charge is -2.06. The SMILES string of the molecule is Cc1cc(C)c2[nH]c(C)c(CC(=O)NCCN=C3NS(=O)(=O)c4ccccc43)c2c1. The highest BCUT2D eigenvalue weighted by atomic mass is 32.2. The molecule has 0 saturated carbocycles. The molecule has 0 aliphatic carbocycles. The number of aryl methyl sites for hydroxylation is 3. The van der Waals surface area contributed by atoms with Gasteiger partial charge >= 0.3 is 0 Å². The second-order valence-electron chi connectivity index (χ2n) is 7.59. The molecule has 3 aromatic rings. The van der Waals surface area contributed by atoms with Crippen LogP contribution in [0.25, 0.3) is 10.9 Å². The van der Waals surface area contributed by atoms with Crippen molar-refractivity contribution in [3.05, 3.63) is 64.3 Å². The van der Waals surface area contributed by atoms with Crippen molar-refractivity contribution in [1.82, 2.24) is 15.0 Å². The van der Waals surface area contributed by atoms with Gasteiger partial charge in [-0.25, -0.2) is 8.42 Å². The van der Waals surface area contributed by atoms with Crippen LogP contribution in [0.4, 0.5) is 0 Å². The second kappa shape index (κ2) is 7.60. The number of amidine groups is 1. The molecule has 8 heteroatoms. The van der Waals surface area contributed by atoms with E-state index in [4.69, 9.17) is 0 Å². The summed E-state index contributed by atoms with van der Waals surface area (Å²) in [6.07, 6.45) is 0.279. The summed E-state index contributed by atoms with van der Waals surface area (Å²) >= 11 is 0. The minimum absolute atomic E-state index is 0.0919. The zero-order valence-corrected chi connectivity index (χ0v) is 18.0. The number of amides is 1. The largest absolute Gasteiger partial charge is 0.358 e. The molecule has 7 nitrogen and oxygen atoms in total. The van der Waals surface area contributed by atoms with Crippen molar-refractivity contribution < 1.29 is 13.2 Å². The molecule has 0 spiro atoms. The average molecular weight is 425 g/mol. The highest BCUT2D eigenvalue weighted by Crippen LogP contribution is 2.26. The molecular formula is C22H24N4O3S. The fourth-order valence-electron chi connectivity index (χ4n) is 3.90. The number of nitrogens with zero attached hydrogens (tertiary/aromatic N) is 1. The first kappa shape index (κ1) is 20.2. The summed E-state index contributed by atoms with van der Waals surface area (Å²) in [7, 11) is -3.55. The Kier molecular flexibility index (Phi) is 5.11. The number of rotatable bonds is 5. The molecule has 0 bridgehead atoms. The number of nitrogens with one attached hydrogen (secondary N) is 3. The summed E-state index contributed by atoms with van der Waals surface area (Å²) in [6.45, 7) is 6.69. The van der Waals surface area contributed by atoms with Crippen LogP contribution in [0.15, 0.2) is 46.3 Å². The van der Waals surface area contributed by atoms with E-state index in [1.165, 1.54) is 0 Å². The minimum Gasteiger partial charge on any atom is -0.358 e. The van der Waals surface area contributed by atoms with Crippen LogP contribution in [-0.4, -0.2) is 38.2 Å². The molecule has 0 saturated heterocycles. The van der Waals surface area contributed by atoms with Crippen LogP contribution in [0.3, 0.4) is 0 Å². The number of carbonyl (C=O) groups excluding carboxylic acids is 1. The summed E-state index contributed by atoms with van der Waals surface area (Å²) in [5, 5.41) is 3.95. The van der Waals surface area contributed by atoms with E-state index < -0.39 is 10.0 Å². The van der Waals surface area contributed by atoms with Gasteiger partial charge in [0, 0.05) is 28.7 Å². The van der Waals surface area contributed by atoms with Crippen LogP contribution in [0, 0.1) is 20.8 Å². The Labute approximate surface area is 175 Å². The Balaban J connectivity index is 1.41. The molecule has 4 rings (SSSR count). The third-order valence-corrected chi connectivity index (χ3v) is 6.67. The van der Waals surface area contributed by atoms with Gasteiger partial charge in [-0.2, -0.15) is 0 Å². The molecule has 1 aliphatic heterocycles. The van der Waals surface area contributed by atoms with Crippen LogP contribution < -0.4 is 10.0 Å². The summed E-state index contributed by atoms with van der Waals surface area (Å²) in [5.74, 6) is 0.226. The number of benzene rings is 2. The van der Waals surface area contributed by atoms with E-state index in [0.717, 1.165) is 33.3 Å². The van der Waals surface area contributed by atoms with E-state index in [0.29, 0.717) is 17.9 Å². The number of aromatic amines is 1. The highest BCUT2D eigenvalue weighted by molar-refractivity contribution is 7.90. The van der Waals surface area contributed by atoms with Gasteiger partial charge in [0.2, 0.25) is 5.91 Å². The quantitative estimate of drug-likeness (QED) is 0.548. The lowest BCUT2D eigenvalue weighted by atomic mass is 10.0. The maximum Gasteiger partial charge on any atom is 0.263 e. The average Bonchev–Trinajstić information content (AvgIpc) is 3.14. The zero-order chi connectivity index (χ0) is 21.5. The number of aromatic nitrogens is 1. The van der Waals surface area contributed by atoms with Crippen molar-refractivity contribution in [3.63, 3.8) is 0 Å². The van der Waals surface area contributed by atoms with E-state index >= 15 is 0 Å². The van der Waals surface area contributed by atoms with E-state index in [9.17, 15) is 13.2 Å². The number of fused-ring (bicyclic) bond motifs is 2. The standard InChI is InChI=1S/C22H24N4O3S/c1-13-10-14(2)21-18(11-13)17(15(3)25-21)12-20(27)23-8-9-24-22-16-6-4-5-7-19(16)30(28,29)26-22/h4-7,10-11,25H,8-9,12H2,1-3H3,(H,23,27)(H,24,26). The number of hydrogen-bond donors (Lipinski definition) is 3. The monoisotopic (exact) mass is 424 g/mol. The van der Waals surface area contributed by atoms with E-state index in [1.54, 1.807) is 24.3 Å². The van der Waals surface area contributed by atoms with E-state index in [2.05, 4.69) is 39.1 Å². The fraction of sp³-hybridized carbons (Fsp3) is 0.273. The van der Waals surface area contributed by atoms with Crippen LogP contribution >= 0.6 is 0 Å². The van der Waals surface area contributed by atoms with E-state index in [1.807, 2.05) is 13.8 Å². The third-order valence-electron chi connectivity index (χ3n) is 5.27. The second-order valence-corrected chi connectivity index (χ2v) is 9.24. The molecule has 2 aromatic carbocycles. The Hall–Kier alpha value is -3.13. The minimum atomic E-state index is -3.55. The number of aliphatic imine (C=N–C) groups is 1. The maximum atomic E-state index is 12.5. The molecule has 1 aliphatic rings. The molecule has 0 atom stereocenters. The molecule has 2 heterocycles. The first-order valence-electron chi connectivity index (χ1n) is 9.78. The van der Waals surface area contributed by atoms with Crippen molar-refractivity contribution in [2.75, 3.05) is 13.1 Å². The summed E-state index contributed by atoms with van der Waals surface area (Å²) in [5.41, 5.74) is 5.94. The molecule has 0 fully saturated rings. The van der Waals surface area contributed by atoms with Crippen molar-refractivity contribution in [1.29, 1.82) is 0 Å². The van der Waals surface area contributed by atoms with E-state index in [-0.39, 0.29) is 23.8 Å². The lowest BCUT2D eigenvalue weighted by molar-refractivity contribution is -0.120. The number of hydrogen-bond acceptors (Lipinski definition) is 4. The summed E-state index contributed by atoms with van der Waals surface area (Å²) in [4.78, 5) is 20.4. The van der Waals surface area contributed by atoms with Gasteiger partial charge in [-0.15, -0.1) is 0 Å². The molecule has 30 heavy (non-hydrogen) atoms. The van der Waals surface area contributed by atoms with Gasteiger partial charge in [0.15, 0.2) is 0 Å². The van der Waals surface area contributed by atoms with Crippen molar-refractivity contribution >= 4 is 32.7 Å². The maximum absolute atomic E-state index is 12.5. The molecule has 1 aromatic heterocycles. The number of H-pyrrole nitrogens is 1. The smallest absolute Gasteiger partial charge is 0.263 e. The van der Waals surface area contributed by atoms with Crippen LogP contribution in [0.2, 0.25) is 0 Å². The first-order chi connectivity index (χ1) is 14.3. The Bertz CT molecular complexity index is 1290. The van der Waals surface area contributed by atoms with Crippen LogP contribution in [-0.2, 0) is 21.2 Å². The fourth-order valence-corrected chi connectivity index (χ4v) is 5.15.